The number of ketones is 2. The van der Waals surface area contributed by atoms with Crippen LogP contribution in [0.4, 0.5) is 0 Å². The van der Waals surface area contributed by atoms with Crippen LogP contribution in [0.15, 0.2) is 34.8 Å². The summed E-state index contributed by atoms with van der Waals surface area (Å²) in [6, 6.07) is 7.40. The first-order valence-corrected chi connectivity index (χ1v) is 8.42. The molecule has 0 radical (unpaired) electrons. The van der Waals surface area contributed by atoms with Crippen LogP contribution in [-0.4, -0.2) is 29.1 Å². The van der Waals surface area contributed by atoms with Crippen molar-refractivity contribution < 1.29 is 19.1 Å². The van der Waals surface area contributed by atoms with Gasteiger partial charge in [-0.25, -0.2) is 4.79 Å². The number of aryl methyl sites for hydroxylation is 1. The fourth-order valence-corrected chi connectivity index (χ4v) is 2.82. The lowest BCUT2D eigenvalue weighted by atomic mass is 10.1. The highest BCUT2D eigenvalue weighted by molar-refractivity contribution is 9.10. The molecule has 1 heterocycles. The Kier molecular flexibility index (Phi) is 6.09. The summed E-state index contributed by atoms with van der Waals surface area (Å²) in [5.74, 6) is -1.10. The number of rotatable bonds is 6. The van der Waals surface area contributed by atoms with Gasteiger partial charge in [0, 0.05) is 21.8 Å². The van der Waals surface area contributed by atoms with E-state index in [1.807, 2.05) is 24.3 Å². The first-order chi connectivity index (χ1) is 11.8. The van der Waals surface area contributed by atoms with Crippen LogP contribution in [0.3, 0.4) is 0 Å². The van der Waals surface area contributed by atoms with E-state index >= 15 is 0 Å². The van der Waals surface area contributed by atoms with Gasteiger partial charge in [-0.05, 0) is 50.1 Å². The van der Waals surface area contributed by atoms with Crippen LogP contribution in [0.2, 0.25) is 0 Å². The van der Waals surface area contributed by atoms with Crippen LogP contribution in [0, 0.1) is 13.8 Å². The zero-order valence-corrected chi connectivity index (χ0v) is 15.8. The molecule has 0 aliphatic carbocycles. The molecule has 25 heavy (non-hydrogen) atoms. The van der Waals surface area contributed by atoms with Gasteiger partial charge in [0.25, 0.3) is 0 Å². The van der Waals surface area contributed by atoms with E-state index in [1.54, 1.807) is 19.9 Å². The van der Waals surface area contributed by atoms with Gasteiger partial charge in [0.1, 0.15) is 0 Å². The third-order valence-corrected chi connectivity index (χ3v) is 4.22. The monoisotopic (exact) mass is 403 g/mol. The van der Waals surface area contributed by atoms with Crippen LogP contribution in [0.25, 0.3) is 6.08 Å². The topological polar surface area (TPSA) is 76.2 Å². The molecule has 5 nitrogen and oxygen atoms in total. The lowest BCUT2D eigenvalue weighted by Crippen LogP contribution is -2.14. The minimum Gasteiger partial charge on any atom is -0.454 e. The number of nitrogens with one attached hydrogen (secondary N) is 1. The van der Waals surface area contributed by atoms with Gasteiger partial charge in [0.2, 0.25) is 5.78 Å². The summed E-state index contributed by atoms with van der Waals surface area (Å²) in [7, 11) is 0. The van der Waals surface area contributed by atoms with Gasteiger partial charge >= 0.3 is 5.97 Å². The molecule has 6 heteroatoms. The maximum absolute atomic E-state index is 12.2. The number of hydrogen-bond donors (Lipinski definition) is 1. The number of ether oxygens (including phenoxy) is 1. The van der Waals surface area contributed by atoms with Gasteiger partial charge in [-0.3, -0.25) is 9.59 Å². The number of esters is 1. The standard InChI is InChI=1S/C19H18BrNO4/c1-11-18(13(3)22)12(2)21-19(11)16(23)10-25-17(24)9-6-14-4-7-15(20)8-5-14/h4-9,21H,10H2,1-3H3/b9-6+. The number of aromatic nitrogens is 1. The third kappa shape index (κ3) is 4.76. The molecule has 1 aromatic heterocycles. The zero-order valence-electron chi connectivity index (χ0n) is 14.2. The van der Waals surface area contributed by atoms with Crippen molar-refractivity contribution in [2.75, 3.05) is 6.61 Å². The second-order valence-electron chi connectivity index (χ2n) is 5.60. The Bertz CT molecular complexity index is 847. The average molecular weight is 404 g/mol. The largest absolute Gasteiger partial charge is 0.454 e. The Hall–Kier alpha value is -2.47. The van der Waals surface area contributed by atoms with Gasteiger partial charge in [0.15, 0.2) is 12.4 Å². The van der Waals surface area contributed by atoms with Crippen molar-refractivity contribution in [1.82, 2.24) is 4.98 Å². The molecule has 0 saturated carbocycles. The van der Waals surface area contributed by atoms with Crippen molar-refractivity contribution in [2.24, 2.45) is 0 Å². The summed E-state index contributed by atoms with van der Waals surface area (Å²) >= 11 is 3.33. The van der Waals surface area contributed by atoms with Gasteiger partial charge in [-0.1, -0.05) is 28.1 Å². The predicted molar refractivity (Wildman–Crippen MR) is 98.7 cm³/mol. The minimum atomic E-state index is -0.607. The SMILES string of the molecule is CC(=O)c1c(C)[nH]c(C(=O)COC(=O)/C=C/c2ccc(Br)cc2)c1C. The number of halogens is 1. The highest BCUT2D eigenvalue weighted by Gasteiger charge is 2.20. The quantitative estimate of drug-likeness (QED) is 0.448. The van der Waals surface area contributed by atoms with E-state index in [-0.39, 0.29) is 18.2 Å². The van der Waals surface area contributed by atoms with E-state index in [2.05, 4.69) is 20.9 Å². The molecule has 0 bridgehead atoms. The minimum absolute atomic E-state index is 0.111. The smallest absolute Gasteiger partial charge is 0.331 e. The van der Waals surface area contributed by atoms with E-state index in [9.17, 15) is 14.4 Å². The fourth-order valence-electron chi connectivity index (χ4n) is 2.55. The Morgan fingerprint density at radius 1 is 1.16 bits per heavy atom. The summed E-state index contributed by atoms with van der Waals surface area (Å²) in [6.07, 6.45) is 2.88. The lowest BCUT2D eigenvalue weighted by Gasteiger charge is -2.02. The van der Waals surface area contributed by atoms with Crippen molar-refractivity contribution >= 4 is 39.5 Å². The molecule has 0 aliphatic rings. The van der Waals surface area contributed by atoms with Gasteiger partial charge < -0.3 is 9.72 Å². The van der Waals surface area contributed by atoms with E-state index < -0.39 is 5.97 Å². The van der Waals surface area contributed by atoms with Crippen LogP contribution in [0.1, 0.15) is 44.6 Å². The molecule has 0 spiro atoms. The lowest BCUT2D eigenvalue weighted by molar-refractivity contribution is -0.136. The number of carbonyl (C=O) groups excluding carboxylic acids is 3. The Labute approximate surface area is 154 Å². The van der Waals surface area contributed by atoms with Crippen LogP contribution >= 0.6 is 15.9 Å². The molecule has 0 saturated heterocycles. The zero-order chi connectivity index (χ0) is 18.6. The summed E-state index contributed by atoms with van der Waals surface area (Å²) in [4.78, 5) is 38.5. The van der Waals surface area contributed by atoms with Crippen molar-refractivity contribution in [1.29, 1.82) is 0 Å². The van der Waals surface area contributed by atoms with Crippen LogP contribution in [-0.2, 0) is 9.53 Å². The molecule has 2 aromatic rings. The highest BCUT2D eigenvalue weighted by atomic mass is 79.9. The third-order valence-electron chi connectivity index (χ3n) is 3.70. The second-order valence-corrected chi connectivity index (χ2v) is 6.51. The van der Waals surface area contributed by atoms with E-state index in [1.165, 1.54) is 13.0 Å². The molecule has 0 amide bonds. The number of benzene rings is 1. The molecular weight excluding hydrogens is 386 g/mol. The van der Waals surface area contributed by atoms with Crippen molar-refractivity contribution in [3.63, 3.8) is 0 Å². The first kappa shape index (κ1) is 18.9. The number of H-pyrrole nitrogens is 1. The summed E-state index contributed by atoms with van der Waals surface area (Å²) in [6.45, 7) is 4.49. The molecule has 0 fully saturated rings. The number of Topliss-reactive ketones (excluding diaryl/α,β-unsaturated/α-hetero) is 2. The summed E-state index contributed by atoms with van der Waals surface area (Å²) in [5, 5.41) is 0. The summed E-state index contributed by atoms with van der Waals surface area (Å²) in [5.41, 5.74) is 2.86. The molecule has 2 rings (SSSR count). The van der Waals surface area contributed by atoms with Gasteiger partial charge in [0.05, 0.1) is 5.69 Å². The number of hydrogen-bond acceptors (Lipinski definition) is 4. The molecule has 0 unspecified atom stereocenters. The van der Waals surface area contributed by atoms with Crippen molar-refractivity contribution in [2.45, 2.75) is 20.8 Å². The summed E-state index contributed by atoms with van der Waals surface area (Å²) < 4.78 is 5.92. The Balaban J connectivity index is 1.98. The van der Waals surface area contributed by atoms with E-state index in [0.29, 0.717) is 22.5 Å². The van der Waals surface area contributed by atoms with E-state index in [4.69, 9.17) is 4.74 Å². The maximum Gasteiger partial charge on any atom is 0.331 e. The average Bonchev–Trinajstić information content (AvgIpc) is 2.86. The van der Waals surface area contributed by atoms with Crippen LogP contribution < -0.4 is 0 Å². The van der Waals surface area contributed by atoms with Gasteiger partial charge in [-0.15, -0.1) is 0 Å². The number of aromatic amines is 1. The molecule has 0 atom stereocenters. The Morgan fingerprint density at radius 2 is 1.80 bits per heavy atom. The van der Waals surface area contributed by atoms with Crippen molar-refractivity contribution in [3.05, 3.63) is 62.9 Å². The highest BCUT2D eigenvalue weighted by Crippen LogP contribution is 2.19. The molecular formula is C19H18BrNO4. The fraction of sp³-hybridized carbons (Fsp3) is 0.211. The first-order valence-electron chi connectivity index (χ1n) is 7.63. The predicted octanol–water partition coefficient (Wildman–Crippen LogP) is 4.04. The molecule has 1 N–H and O–H groups in total. The van der Waals surface area contributed by atoms with Crippen molar-refractivity contribution in [3.8, 4) is 0 Å². The normalized spacial score (nSPS) is 10.9. The molecule has 1 aromatic carbocycles. The van der Waals surface area contributed by atoms with E-state index in [0.717, 1.165) is 10.0 Å². The van der Waals surface area contributed by atoms with Crippen LogP contribution in [0.5, 0.6) is 0 Å². The maximum atomic E-state index is 12.2. The second kappa shape index (κ2) is 8.07. The number of carbonyl (C=O) groups is 3. The molecule has 0 aliphatic heterocycles. The Morgan fingerprint density at radius 3 is 2.36 bits per heavy atom. The molecule has 130 valence electrons. The van der Waals surface area contributed by atoms with Gasteiger partial charge in [-0.2, -0.15) is 0 Å².